The van der Waals surface area contributed by atoms with Gasteiger partial charge in [-0.25, -0.2) is 4.39 Å². The predicted octanol–water partition coefficient (Wildman–Crippen LogP) is 2.87. The van der Waals surface area contributed by atoms with Crippen LogP contribution in [0, 0.1) is 5.82 Å². The molecular weight excluding hydrogens is 368 g/mol. The van der Waals surface area contributed by atoms with Crippen molar-refractivity contribution in [3.63, 3.8) is 0 Å². The summed E-state index contributed by atoms with van der Waals surface area (Å²) in [4.78, 5) is 0. The van der Waals surface area contributed by atoms with E-state index in [1.54, 1.807) is 7.11 Å². The molecule has 1 saturated carbocycles. The van der Waals surface area contributed by atoms with Gasteiger partial charge in [0.15, 0.2) is 5.82 Å². The summed E-state index contributed by atoms with van der Waals surface area (Å²) in [6.07, 6.45) is -3.18. The number of rotatable bonds is 7. The van der Waals surface area contributed by atoms with Crippen LogP contribution in [0.15, 0.2) is 18.2 Å². The first-order valence-corrected chi connectivity index (χ1v) is 8.45. The van der Waals surface area contributed by atoms with Crippen LogP contribution in [-0.2, 0) is 24.1 Å². The Labute approximate surface area is 153 Å². The Morgan fingerprint density at radius 3 is 2.63 bits per heavy atom. The van der Waals surface area contributed by atoms with Gasteiger partial charge in [-0.15, -0.1) is 10.2 Å². The van der Waals surface area contributed by atoms with Gasteiger partial charge in [0.1, 0.15) is 24.0 Å². The Bertz CT molecular complexity index is 788. The molecule has 1 aliphatic rings. The van der Waals surface area contributed by atoms with Crippen molar-refractivity contribution in [2.45, 2.75) is 44.1 Å². The lowest BCUT2D eigenvalue weighted by Gasteiger charge is -2.31. The van der Waals surface area contributed by atoms with E-state index in [4.69, 9.17) is 15.2 Å². The SMILES string of the molecule is COCCn1c(COc2ccc(F)c(C(F)(F)F)c2)nnc1C1CC(N)C1. The Morgan fingerprint density at radius 1 is 1.26 bits per heavy atom. The van der Waals surface area contributed by atoms with Crippen LogP contribution < -0.4 is 10.5 Å². The first-order valence-electron chi connectivity index (χ1n) is 8.45. The van der Waals surface area contributed by atoms with Crippen LogP contribution >= 0.6 is 0 Å². The summed E-state index contributed by atoms with van der Waals surface area (Å²) in [5, 5.41) is 8.29. The zero-order valence-corrected chi connectivity index (χ0v) is 14.7. The second-order valence-corrected chi connectivity index (χ2v) is 6.48. The summed E-state index contributed by atoms with van der Waals surface area (Å²) in [5.41, 5.74) is 4.46. The Balaban J connectivity index is 1.76. The molecule has 1 heterocycles. The minimum Gasteiger partial charge on any atom is -0.486 e. The molecule has 0 saturated heterocycles. The van der Waals surface area contributed by atoms with Gasteiger partial charge in [0.25, 0.3) is 0 Å². The van der Waals surface area contributed by atoms with Gasteiger partial charge in [0.05, 0.1) is 12.2 Å². The fraction of sp³-hybridized carbons (Fsp3) is 0.529. The highest BCUT2D eigenvalue weighted by Gasteiger charge is 2.35. The average Bonchev–Trinajstić information content (AvgIpc) is 2.97. The third-order valence-corrected chi connectivity index (χ3v) is 4.53. The van der Waals surface area contributed by atoms with Crippen molar-refractivity contribution in [2.75, 3.05) is 13.7 Å². The lowest BCUT2D eigenvalue weighted by Crippen LogP contribution is -2.36. The molecule has 0 amide bonds. The van der Waals surface area contributed by atoms with Crippen molar-refractivity contribution in [1.29, 1.82) is 0 Å². The smallest absolute Gasteiger partial charge is 0.419 e. The summed E-state index contributed by atoms with van der Waals surface area (Å²) < 4.78 is 64.2. The Kier molecular flexibility index (Phi) is 5.66. The van der Waals surface area contributed by atoms with Crippen molar-refractivity contribution in [3.05, 3.63) is 41.2 Å². The molecule has 10 heteroatoms. The lowest BCUT2D eigenvalue weighted by molar-refractivity contribution is -0.140. The van der Waals surface area contributed by atoms with E-state index in [2.05, 4.69) is 10.2 Å². The second-order valence-electron chi connectivity index (χ2n) is 6.48. The van der Waals surface area contributed by atoms with Gasteiger partial charge in [-0.05, 0) is 31.0 Å². The van der Waals surface area contributed by atoms with Crippen molar-refractivity contribution in [1.82, 2.24) is 14.8 Å². The Hall–Kier alpha value is -2.20. The molecule has 0 radical (unpaired) electrons. The normalized spacial score (nSPS) is 19.8. The van der Waals surface area contributed by atoms with Crippen LogP contribution in [-0.4, -0.2) is 34.5 Å². The van der Waals surface area contributed by atoms with Crippen LogP contribution in [0.3, 0.4) is 0 Å². The number of alkyl halides is 3. The summed E-state index contributed by atoms with van der Waals surface area (Å²) >= 11 is 0. The van der Waals surface area contributed by atoms with Crippen molar-refractivity contribution in [3.8, 4) is 5.75 Å². The maximum atomic E-state index is 13.4. The molecule has 1 aromatic carbocycles. The molecule has 0 unspecified atom stereocenters. The van der Waals surface area contributed by atoms with E-state index in [1.165, 1.54) is 0 Å². The highest BCUT2D eigenvalue weighted by atomic mass is 19.4. The fourth-order valence-electron chi connectivity index (χ4n) is 3.02. The zero-order valence-electron chi connectivity index (χ0n) is 14.7. The summed E-state index contributed by atoms with van der Waals surface area (Å²) in [6, 6.07) is 2.65. The number of methoxy groups -OCH3 is 1. The zero-order chi connectivity index (χ0) is 19.6. The topological polar surface area (TPSA) is 75.2 Å². The van der Waals surface area contributed by atoms with Gasteiger partial charge < -0.3 is 19.8 Å². The van der Waals surface area contributed by atoms with Crippen molar-refractivity contribution >= 4 is 0 Å². The van der Waals surface area contributed by atoms with Crippen LogP contribution in [0.5, 0.6) is 5.75 Å². The summed E-state index contributed by atoms with van der Waals surface area (Å²) in [7, 11) is 1.57. The maximum Gasteiger partial charge on any atom is 0.419 e. The molecule has 1 fully saturated rings. The number of nitrogens with two attached hydrogens (primary N) is 1. The number of nitrogens with zero attached hydrogens (tertiary/aromatic N) is 3. The summed E-state index contributed by atoms with van der Waals surface area (Å²) in [6.45, 7) is 0.810. The van der Waals surface area contributed by atoms with E-state index >= 15 is 0 Å². The van der Waals surface area contributed by atoms with E-state index in [0.717, 1.165) is 30.8 Å². The maximum absolute atomic E-state index is 13.4. The third-order valence-electron chi connectivity index (χ3n) is 4.53. The molecular formula is C17H20F4N4O2. The number of aromatic nitrogens is 3. The van der Waals surface area contributed by atoms with E-state index in [-0.39, 0.29) is 24.3 Å². The van der Waals surface area contributed by atoms with Crippen LogP contribution in [0.1, 0.15) is 36.0 Å². The van der Waals surface area contributed by atoms with Gasteiger partial charge in [-0.1, -0.05) is 0 Å². The molecule has 0 atom stereocenters. The van der Waals surface area contributed by atoms with E-state index < -0.39 is 17.6 Å². The average molecular weight is 388 g/mol. The molecule has 2 aromatic rings. The second kappa shape index (κ2) is 7.81. The molecule has 1 aliphatic carbocycles. The molecule has 0 aliphatic heterocycles. The molecule has 0 spiro atoms. The predicted molar refractivity (Wildman–Crippen MR) is 87.6 cm³/mol. The molecule has 27 heavy (non-hydrogen) atoms. The van der Waals surface area contributed by atoms with Crippen molar-refractivity contribution < 1.29 is 27.0 Å². The van der Waals surface area contributed by atoms with Gasteiger partial charge in [-0.2, -0.15) is 13.2 Å². The number of benzene rings is 1. The standard InChI is InChI=1S/C17H20F4N4O2/c1-26-5-4-25-15(23-24-16(25)10-6-11(22)7-10)9-27-12-2-3-14(18)13(8-12)17(19,20)21/h2-3,8,10-11H,4-7,9,22H2,1H3. The van der Waals surface area contributed by atoms with Crippen LogP contribution in [0.2, 0.25) is 0 Å². The van der Waals surface area contributed by atoms with Crippen molar-refractivity contribution in [2.24, 2.45) is 5.73 Å². The van der Waals surface area contributed by atoms with E-state index in [1.807, 2.05) is 4.57 Å². The number of hydrogen-bond donors (Lipinski definition) is 1. The lowest BCUT2D eigenvalue weighted by atomic mass is 9.80. The van der Waals surface area contributed by atoms with Crippen LogP contribution in [0.4, 0.5) is 17.6 Å². The minimum atomic E-state index is -4.79. The summed E-state index contributed by atoms with van der Waals surface area (Å²) in [5.74, 6) is -0.0254. The first-order chi connectivity index (χ1) is 12.8. The van der Waals surface area contributed by atoms with Gasteiger partial charge in [0, 0.05) is 25.6 Å². The van der Waals surface area contributed by atoms with Gasteiger partial charge in [-0.3, -0.25) is 0 Å². The number of ether oxygens (including phenoxy) is 2. The fourth-order valence-corrected chi connectivity index (χ4v) is 3.02. The van der Waals surface area contributed by atoms with Gasteiger partial charge in [0.2, 0.25) is 0 Å². The molecule has 2 N–H and O–H groups in total. The minimum absolute atomic E-state index is 0.0988. The van der Waals surface area contributed by atoms with E-state index in [9.17, 15) is 17.6 Å². The highest BCUT2D eigenvalue weighted by Crippen LogP contribution is 2.35. The molecule has 1 aromatic heterocycles. The highest BCUT2D eigenvalue weighted by molar-refractivity contribution is 5.31. The third kappa shape index (κ3) is 4.38. The van der Waals surface area contributed by atoms with Gasteiger partial charge >= 0.3 is 6.18 Å². The monoisotopic (exact) mass is 388 g/mol. The molecule has 6 nitrogen and oxygen atoms in total. The van der Waals surface area contributed by atoms with Crippen LogP contribution in [0.25, 0.3) is 0 Å². The molecule has 3 rings (SSSR count). The quantitative estimate of drug-likeness (QED) is 0.739. The molecule has 0 bridgehead atoms. The number of hydrogen-bond acceptors (Lipinski definition) is 5. The largest absolute Gasteiger partial charge is 0.486 e. The first kappa shape index (κ1) is 19.6. The van der Waals surface area contributed by atoms with E-state index in [0.29, 0.717) is 25.0 Å². The Morgan fingerprint density at radius 2 is 2.00 bits per heavy atom. The number of halogens is 4. The molecule has 148 valence electrons.